The van der Waals surface area contributed by atoms with Crippen molar-refractivity contribution in [3.8, 4) is 0 Å². The minimum absolute atomic E-state index is 0.298. The van der Waals surface area contributed by atoms with E-state index in [4.69, 9.17) is 5.53 Å². The standard InChI is InChI=1S/C13H24N4/c1-12(2,3)17-8-4-11(5-9-17)13(6-7-13)10-15-16-14/h11H,4-10H2,1-3H3. The Hall–Kier alpha value is -0.730. The van der Waals surface area contributed by atoms with Crippen molar-refractivity contribution in [3.05, 3.63) is 10.4 Å². The van der Waals surface area contributed by atoms with Crippen LogP contribution in [0.5, 0.6) is 0 Å². The number of piperidine rings is 1. The van der Waals surface area contributed by atoms with Crippen molar-refractivity contribution in [1.82, 2.24) is 4.90 Å². The summed E-state index contributed by atoms with van der Waals surface area (Å²) in [7, 11) is 0. The molecule has 2 aliphatic rings. The molecule has 2 fully saturated rings. The second kappa shape index (κ2) is 4.51. The van der Waals surface area contributed by atoms with Crippen LogP contribution in [0.1, 0.15) is 46.5 Å². The Bertz CT molecular complexity index is 313. The molecule has 1 aliphatic heterocycles. The lowest BCUT2D eigenvalue weighted by molar-refractivity contribution is 0.0666. The monoisotopic (exact) mass is 236 g/mol. The van der Waals surface area contributed by atoms with E-state index in [2.05, 4.69) is 35.7 Å². The van der Waals surface area contributed by atoms with Gasteiger partial charge in [-0.05, 0) is 76.4 Å². The number of azide groups is 1. The molecule has 0 aromatic carbocycles. The van der Waals surface area contributed by atoms with E-state index < -0.39 is 0 Å². The summed E-state index contributed by atoms with van der Waals surface area (Å²) in [5.74, 6) is 0.784. The summed E-state index contributed by atoms with van der Waals surface area (Å²) in [5.41, 5.74) is 9.14. The smallest absolute Gasteiger partial charge is 0.0317 e. The lowest BCUT2D eigenvalue weighted by Gasteiger charge is -2.42. The molecular weight excluding hydrogens is 212 g/mol. The van der Waals surface area contributed by atoms with E-state index in [1.807, 2.05) is 0 Å². The first-order valence-corrected chi connectivity index (χ1v) is 6.74. The highest BCUT2D eigenvalue weighted by atomic mass is 15.2. The molecule has 1 saturated carbocycles. The van der Waals surface area contributed by atoms with Crippen LogP contribution < -0.4 is 0 Å². The minimum atomic E-state index is 0.298. The van der Waals surface area contributed by atoms with Gasteiger partial charge in [-0.25, -0.2) is 0 Å². The zero-order valence-electron chi connectivity index (χ0n) is 11.3. The Morgan fingerprint density at radius 1 is 1.29 bits per heavy atom. The van der Waals surface area contributed by atoms with Crippen molar-refractivity contribution in [1.29, 1.82) is 0 Å². The van der Waals surface area contributed by atoms with Gasteiger partial charge in [0.05, 0.1) is 0 Å². The van der Waals surface area contributed by atoms with Crippen molar-refractivity contribution in [2.45, 2.75) is 52.0 Å². The normalized spacial score (nSPS) is 25.4. The van der Waals surface area contributed by atoms with Crippen LogP contribution in [0.4, 0.5) is 0 Å². The summed E-state index contributed by atoms with van der Waals surface area (Å²) >= 11 is 0. The molecule has 1 aliphatic carbocycles. The Balaban J connectivity index is 1.89. The highest BCUT2D eigenvalue weighted by molar-refractivity contribution is 5.02. The molecule has 0 atom stereocenters. The number of likely N-dealkylation sites (tertiary alicyclic amines) is 1. The molecule has 0 N–H and O–H groups in total. The third kappa shape index (κ3) is 2.75. The van der Waals surface area contributed by atoms with E-state index >= 15 is 0 Å². The summed E-state index contributed by atoms with van der Waals surface area (Å²) in [6, 6.07) is 0. The lowest BCUT2D eigenvalue weighted by atomic mass is 9.80. The van der Waals surface area contributed by atoms with Crippen LogP contribution in [0.3, 0.4) is 0 Å². The fourth-order valence-electron chi connectivity index (χ4n) is 3.19. The van der Waals surface area contributed by atoms with Gasteiger partial charge >= 0.3 is 0 Å². The minimum Gasteiger partial charge on any atom is -0.298 e. The van der Waals surface area contributed by atoms with Crippen LogP contribution in [0.2, 0.25) is 0 Å². The van der Waals surface area contributed by atoms with E-state index in [0.29, 0.717) is 11.0 Å². The number of hydrogen-bond acceptors (Lipinski definition) is 2. The molecule has 0 amide bonds. The fraction of sp³-hybridized carbons (Fsp3) is 1.00. The fourth-order valence-corrected chi connectivity index (χ4v) is 3.19. The molecule has 4 nitrogen and oxygen atoms in total. The molecule has 1 heterocycles. The summed E-state index contributed by atoms with van der Waals surface area (Å²) in [6.07, 6.45) is 5.09. The summed E-state index contributed by atoms with van der Waals surface area (Å²) in [4.78, 5) is 5.50. The molecule has 96 valence electrons. The predicted molar refractivity (Wildman–Crippen MR) is 69.7 cm³/mol. The third-order valence-corrected chi connectivity index (χ3v) is 4.65. The molecule has 0 aromatic heterocycles. The van der Waals surface area contributed by atoms with Crippen LogP contribution >= 0.6 is 0 Å². The summed E-state index contributed by atoms with van der Waals surface area (Å²) in [5, 5.41) is 3.82. The molecule has 1 saturated heterocycles. The molecule has 0 unspecified atom stereocenters. The van der Waals surface area contributed by atoms with Crippen LogP contribution in [0.25, 0.3) is 10.4 Å². The zero-order chi connectivity index (χ0) is 12.5. The summed E-state index contributed by atoms with van der Waals surface area (Å²) in [6.45, 7) is 10.0. The van der Waals surface area contributed by atoms with E-state index in [9.17, 15) is 0 Å². The van der Waals surface area contributed by atoms with Crippen molar-refractivity contribution in [2.75, 3.05) is 19.6 Å². The first kappa shape index (κ1) is 12.7. The van der Waals surface area contributed by atoms with Crippen molar-refractivity contribution in [3.63, 3.8) is 0 Å². The lowest BCUT2D eigenvalue weighted by Crippen LogP contribution is -2.47. The van der Waals surface area contributed by atoms with E-state index in [0.717, 1.165) is 12.5 Å². The highest BCUT2D eigenvalue weighted by Crippen LogP contribution is 2.55. The predicted octanol–water partition coefficient (Wildman–Crippen LogP) is 3.59. The van der Waals surface area contributed by atoms with Gasteiger partial charge in [0, 0.05) is 17.0 Å². The molecule has 0 aromatic rings. The quantitative estimate of drug-likeness (QED) is 0.419. The maximum Gasteiger partial charge on any atom is 0.0317 e. The Kier molecular flexibility index (Phi) is 3.37. The van der Waals surface area contributed by atoms with Gasteiger partial charge in [-0.3, -0.25) is 4.90 Å². The maximum absolute atomic E-state index is 8.45. The molecule has 4 heteroatoms. The van der Waals surface area contributed by atoms with E-state index in [-0.39, 0.29) is 0 Å². The first-order valence-electron chi connectivity index (χ1n) is 6.74. The van der Waals surface area contributed by atoms with Gasteiger partial charge in [-0.15, -0.1) is 0 Å². The first-order chi connectivity index (χ1) is 7.98. The van der Waals surface area contributed by atoms with Crippen molar-refractivity contribution < 1.29 is 0 Å². The average Bonchev–Trinajstić information content (AvgIpc) is 3.07. The van der Waals surface area contributed by atoms with E-state index in [1.54, 1.807) is 0 Å². The molecular formula is C13H24N4. The van der Waals surface area contributed by atoms with Gasteiger partial charge in [0.15, 0.2) is 0 Å². The van der Waals surface area contributed by atoms with Crippen molar-refractivity contribution >= 4 is 0 Å². The van der Waals surface area contributed by atoms with Gasteiger partial charge in [0.2, 0.25) is 0 Å². The van der Waals surface area contributed by atoms with Gasteiger partial charge in [0.25, 0.3) is 0 Å². The molecule has 17 heavy (non-hydrogen) atoms. The largest absolute Gasteiger partial charge is 0.298 e. The number of nitrogens with zero attached hydrogens (tertiary/aromatic N) is 4. The average molecular weight is 236 g/mol. The molecule has 0 radical (unpaired) electrons. The van der Waals surface area contributed by atoms with Crippen LogP contribution in [0.15, 0.2) is 5.11 Å². The van der Waals surface area contributed by atoms with Crippen molar-refractivity contribution in [2.24, 2.45) is 16.4 Å². The zero-order valence-corrected chi connectivity index (χ0v) is 11.3. The van der Waals surface area contributed by atoms with Gasteiger partial charge in [-0.1, -0.05) is 5.11 Å². The summed E-state index contributed by atoms with van der Waals surface area (Å²) < 4.78 is 0. The van der Waals surface area contributed by atoms with Crippen LogP contribution in [-0.4, -0.2) is 30.1 Å². The Morgan fingerprint density at radius 3 is 2.29 bits per heavy atom. The van der Waals surface area contributed by atoms with E-state index in [1.165, 1.54) is 38.8 Å². The topological polar surface area (TPSA) is 52.0 Å². The molecule has 0 bridgehead atoms. The maximum atomic E-state index is 8.45. The van der Waals surface area contributed by atoms with Gasteiger partial charge < -0.3 is 0 Å². The number of rotatable bonds is 3. The second-order valence-electron chi connectivity index (χ2n) is 6.68. The molecule has 0 spiro atoms. The SMILES string of the molecule is CC(C)(C)N1CCC(C2(CN=[N+]=[N-])CC2)CC1. The third-order valence-electron chi connectivity index (χ3n) is 4.65. The van der Waals surface area contributed by atoms with Gasteiger partial charge in [-0.2, -0.15) is 0 Å². The second-order valence-corrected chi connectivity index (χ2v) is 6.68. The Labute approximate surface area is 104 Å². The number of hydrogen-bond donors (Lipinski definition) is 0. The molecule has 2 rings (SSSR count). The van der Waals surface area contributed by atoms with Crippen LogP contribution in [0, 0.1) is 11.3 Å². The van der Waals surface area contributed by atoms with Gasteiger partial charge in [0.1, 0.15) is 0 Å². The Morgan fingerprint density at radius 2 is 1.88 bits per heavy atom. The van der Waals surface area contributed by atoms with Crippen LogP contribution in [-0.2, 0) is 0 Å². The highest BCUT2D eigenvalue weighted by Gasteiger charge is 2.49.